The van der Waals surface area contributed by atoms with E-state index in [2.05, 4.69) is 82.3 Å². The predicted molar refractivity (Wildman–Crippen MR) is 230 cm³/mol. The van der Waals surface area contributed by atoms with E-state index in [0.29, 0.717) is 85.9 Å². The first-order valence-electron chi connectivity index (χ1n) is 18.9. The maximum absolute atomic E-state index is 6.12. The molecular formula is C46H69NO8S. The van der Waals surface area contributed by atoms with E-state index >= 15 is 0 Å². The van der Waals surface area contributed by atoms with Crippen molar-refractivity contribution >= 4 is 11.3 Å². The fourth-order valence-electron chi connectivity index (χ4n) is 6.64. The maximum Gasteiger partial charge on any atom is 0.0728 e. The Labute approximate surface area is 342 Å². The van der Waals surface area contributed by atoms with E-state index in [4.69, 9.17) is 42.9 Å². The second-order valence-electron chi connectivity index (χ2n) is 13.5. The molecule has 0 saturated carbocycles. The molecule has 0 spiro atoms. The molecule has 0 N–H and O–H groups in total. The number of thiophene rings is 1. The normalized spacial score (nSPS) is 12.3. The van der Waals surface area contributed by atoms with Crippen LogP contribution in [0, 0.1) is 27.7 Å². The van der Waals surface area contributed by atoms with Crippen molar-refractivity contribution < 1.29 is 37.9 Å². The van der Waals surface area contributed by atoms with Gasteiger partial charge in [-0.1, -0.05) is 56.8 Å². The van der Waals surface area contributed by atoms with Crippen LogP contribution < -0.4 is 0 Å². The number of fused-ring (bicyclic) bond motifs is 3. The minimum Gasteiger partial charge on any atom is -0.382 e. The van der Waals surface area contributed by atoms with Gasteiger partial charge >= 0.3 is 0 Å². The Hall–Kier alpha value is -3.03. The molecule has 0 aliphatic heterocycles. The lowest BCUT2D eigenvalue weighted by Crippen LogP contribution is -2.30. The van der Waals surface area contributed by atoms with Gasteiger partial charge < -0.3 is 37.9 Å². The summed E-state index contributed by atoms with van der Waals surface area (Å²) in [6.07, 6.45) is 3.61. The minimum atomic E-state index is -0.245. The number of ether oxygens (including phenoxy) is 8. The quantitative estimate of drug-likeness (QED) is 0.0644. The molecular weight excluding hydrogens is 727 g/mol. The van der Waals surface area contributed by atoms with E-state index < -0.39 is 0 Å². The van der Waals surface area contributed by atoms with Gasteiger partial charge in [-0.25, -0.2) is 0 Å². The van der Waals surface area contributed by atoms with Crippen LogP contribution in [0.5, 0.6) is 0 Å². The maximum atomic E-state index is 6.12. The summed E-state index contributed by atoms with van der Waals surface area (Å²) in [6.45, 7) is 16.3. The number of methoxy groups -OCH3 is 3. The zero-order chi connectivity index (χ0) is 38.6. The van der Waals surface area contributed by atoms with Crippen molar-refractivity contribution in [1.29, 1.82) is 0 Å². The molecule has 10 heteroatoms. The molecule has 1 aliphatic rings. The fourth-order valence-corrected chi connectivity index (χ4v) is 7.58. The van der Waals surface area contributed by atoms with Crippen molar-refractivity contribution in [2.75, 3.05) is 101 Å². The van der Waals surface area contributed by atoms with Crippen LogP contribution in [0.1, 0.15) is 65.3 Å². The summed E-state index contributed by atoms with van der Waals surface area (Å²) in [5.41, 5.74) is 10.8. The number of benzene rings is 2. The summed E-state index contributed by atoms with van der Waals surface area (Å²) < 4.78 is 43.9. The Bertz CT molecular complexity index is 1640. The highest BCUT2D eigenvalue weighted by molar-refractivity contribution is 7.12. The lowest BCUT2D eigenvalue weighted by molar-refractivity contribution is 0.0145. The van der Waals surface area contributed by atoms with Gasteiger partial charge in [0.15, 0.2) is 0 Å². The molecule has 312 valence electrons. The first-order chi connectivity index (χ1) is 26.3. The van der Waals surface area contributed by atoms with Crippen molar-refractivity contribution in [3.05, 3.63) is 98.4 Å². The highest BCUT2D eigenvalue weighted by atomic mass is 32.1. The molecule has 0 fully saturated rings. The van der Waals surface area contributed by atoms with E-state index in [9.17, 15) is 0 Å². The molecule has 9 nitrogen and oxygen atoms in total. The lowest BCUT2D eigenvalue weighted by Gasteiger charge is -2.33. The topological polar surface area (TPSA) is 86.7 Å². The number of hydrogen-bond donors (Lipinski definition) is 0. The number of aryl methyl sites for hydroxylation is 4. The second-order valence-corrected chi connectivity index (χ2v) is 15.0. The third-order valence-electron chi connectivity index (χ3n) is 9.51. The Kier molecular flexibility index (Phi) is 23.5. The van der Waals surface area contributed by atoms with Crippen LogP contribution in [0.4, 0.5) is 0 Å². The van der Waals surface area contributed by atoms with E-state index in [-0.39, 0.29) is 20.3 Å². The molecule has 0 unspecified atom stereocenters. The summed E-state index contributed by atoms with van der Waals surface area (Å²) in [4.78, 5) is 7.43. The molecule has 0 bridgehead atoms. The summed E-state index contributed by atoms with van der Waals surface area (Å²) in [5, 5.41) is 0. The van der Waals surface area contributed by atoms with Gasteiger partial charge in [0.2, 0.25) is 0 Å². The lowest BCUT2D eigenvalue weighted by atomic mass is 9.72. The highest BCUT2D eigenvalue weighted by Crippen LogP contribution is 2.53. The van der Waals surface area contributed by atoms with Gasteiger partial charge in [0.05, 0.1) is 78.4 Å². The molecule has 56 heavy (non-hydrogen) atoms. The number of aromatic nitrogens is 1. The van der Waals surface area contributed by atoms with Gasteiger partial charge in [0.1, 0.15) is 0 Å². The van der Waals surface area contributed by atoms with E-state index in [1.165, 1.54) is 43.1 Å². The molecule has 0 atom stereocenters. The Morgan fingerprint density at radius 2 is 1.04 bits per heavy atom. The van der Waals surface area contributed by atoms with Gasteiger partial charge in [-0.3, -0.25) is 4.98 Å². The van der Waals surface area contributed by atoms with Crippen LogP contribution in [-0.4, -0.2) is 106 Å². The number of rotatable bonds is 24. The summed E-state index contributed by atoms with van der Waals surface area (Å²) in [6, 6.07) is 20.0. The van der Waals surface area contributed by atoms with Gasteiger partial charge in [-0.15, -0.1) is 11.3 Å². The Balaban J connectivity index is 0.000000615. The molecule has 1 aliphatic carbocycles. The summed E-state index contributed by atoms with van der Waals surface area (Å²) in [5.74, 6) is 0. The molecule has 0 radical (unpaired) electrons. The van der Waals surface area contributed by atoms with E-state index in [1.807, 2.05) is 17.5 Å². The molecule has 4 aromatic rings. The molecule has 0 amide bonds. The van der Waals surface area contributed by atoms with E-state index in [1.54, 1.807) is 21.3 Å². The van der Waals surface area contributed by atoms with Crippen molar-refractivity contribution in [3.63, 3.8) is 0 Å². The van der Waals surface area contributed by atoms with Crippen LogP contribution in [-0.2, 0) is 49.9 Å². The first-order valence-corrected chi connectivity index (χ1v) is 19.7. The third-order valence-corrected chi connectivity index (χ3v) is 10.5. The van der Waals surface area contributed by atoms with Crippen molar-refractivity contribution in [2.24, 2.45) is 0 Å². The monoisotopic (exact) mass is 795 g/mol. The van der Waals surface area contributed by atoms with Gasteiger partial charge in [0.25, 0.3) is 0 Å². The molecule has 2 aromatic carbocycles. The average molecular weight is 796 g/mol. The molecule has 0 saturated heterocycles. The fraction of sp³-hybridized carbons (Fsp3) is 0.543. The van der Waals surface area contributed by atoms with Gasteiger partial charge in [0, 0.05) is 61.5 Å². The van der Waals surface area contributed by atoms with Gasteiger partial charge in [-0.2, -0.15) is 0 Å². The summed E-state index contributed by atoms with van der Waals surface area (Å²) in [7, 11) is 5.04. The van der Waals surface area contributed by atoms with Crippen LogP contribution in [0.15, 0.2) is 60.8 Å². The average Bonchev–Trinajstić information content (AvgIpc) is 3.64. The smallest absolute Gasteiger partial charge is 0.0728 e. The zero-order valence-electron chi connectivity index (χ0n) is 33.5. The predicted octanol–water partition coefficient (Wildman–Crippen LogP) is 9.57. The summed E-state index contributed by atoms with van der Waals surface area (Å²) >= 11 is 1.82. The first kappa shape index (κ1) is 49.1. The minimum absolute atomic E-state index is 0. The van der Waals surface area contributed by atoms with Crippen LogP contribution in [0.25, 0.3) is 22.4 Å². The van der Waals surface area contributed by atoms with E-state index in [0.717, 1.165) is 29.7 Å². The molecule has 5 rings (SSSR count). The zero-order valence-corrected chi connectivity index (χ0v) is 34.3. The van der Waals surface area contributed by atoms with Crippen molar-refractivity contribution in [2.45, 2.75) is 67.4 Å². The standard InChI is InChI=1S/C34H45NO6.C10H16O2S.2CH4/c1-26-5-8-29-30-9-7-28(33-10-6-27(2)25-35-33)24-32(30)34(31(29)23-26,11-13-38-19-21-40-17-15-36-3)12-14-39-20-22-41-18-16-37-4;1-8-6-10(9(2)13-8)7-12-5-4-11-3;;/h5-10,23-25H,11-22H2,1-4H3;6H,4-5,7H2,1-3H3;2*1H4. The van der Waals surface area contributed by atoms with Crippen LogP contribution >= 0.6 is 11.3 Å². The Morgan fingerprint density at radius 1 is 0.536 bits per heavy atom. The van der Waals surface area contributed by atoms with Crippen LogP contribution in [0.3, 0.4) is 0 Å². The SMILES string of the molecule is C.C.COCCOCCOCCC1(CCOCCOCCOC)c2cc(C)ccc2-c2ccc(-c3ccc(C)cn3)cc21.COCCOCc1cc(C)sc1C. The Morgan fingerprint density at radius 3 is 1.55 bits per heavy atom. The number of pyridine rings is 1. The largest absolute Gasteiger partial charge is 0.382 e. The molecule has 2 aromatic heterocycles. The van der Waals surface area contributed by atoms with Crippen LogP contribution in [0.2, 0.25) is 0 Å². The molecule has 2 heterocycles. The highest BCUT2D eigenvalue weighted by Gasteiger charge is 2.43. The second kappa shape index (κ2) is 26.8. The van der Waals surface area contributed by atoms with Crippen molar-refractivity contribution in [3.8, 4) is 22.4 Å². The van der Waals surface area contributed by atoms with Gasteiger partial charge in [-0.05, 0) is 92.1 Å². The third kappa shape index (κ3) is 14.7. The number of nitrogens with zero attached hydrogens (tertiary/aromatic N) is 1. The van der Waals surface area contributed by atoms with Crippen molar-refractivity contribution in [1.82, 2.24) is 4.98 Å². The number of hydrogen-bond acceptors (Lipinski definition) is 10.